The van der Waals surface area contributed by atoms with Gasteiger partial charge in [-0.15, -0.1) is 0 Å². The largest absolute Gasteiger partial charge is 0.379 e. The monoisotopic (exact) mass is 214 g/mol. The third kappa shape index (κ3) is 2.49. The predicted octanol–water partition coefficient (Wildman–Crippen LogP) is 0.655. The smallest absolute Gasteiger partial charge is 0.230 e. The normalized spacial score (nSPS) is 30.9. The van der Waals surface area contributed by atoms with E-state index in [9.17, 15) is 4.79 Å². The number of carbonyl (C=O) groups is 1. The highest BCUT2D eigenvalue weighted by atomic mass is 16.5. The van der Waals surface area contributed by atoms with Gasteiger partial charge in [0.2, 0.25) is 5.91 Å². The summed E-state index contributed by atoms with van der Waals surface area (Å²) in [4.78, 5) is 12.0. The molecule has 88 valence electrons. The van der Waals surface area contributed by atoms with Gasteiger partial charge in [-0.1, -0.05) is 13.8 Å². The van der Waals surface area contributed by atoms with Gasteiger partial charge in [0, 0.05) is 12.1 Å². The van der Waals surface area contributed by atoms with E-state index in [2.05, 4.69) is 19.2 Å². The van der Waals surface area contributed by atoms with Crippen LogP contribution in [0, 0.1) is 5.41 Å². The van der Waals surface area contributed by atoms with Crippen molar-refractivity contribution in [1.29, 1.82) is 0 Å². The van der Waals surface area contributed by atoms with E-state index in [1.807, 2.05) is 6.92 Å². The third-order valence-electron chi connectivity index (χ3n) is 3.36. The fourth-order valence-corrected chi connectivity index (χ4v) is 1.77. The molecule has 2 atom stereocenters. The van der Waals surface area contributed by atoms with Gasteiger partial charge in [0.25, 0.3) is 0 Å². The molecule has 1 amide bonds. The number of ether oxygens (including phenoxy) is 1. The summed E-state index contributed by atoms with van der Waals surface area (Å²) in [6.45, 7) is 6.93. The van der Waals surface area contributed by atoms with E-state index in [1.165, 1.54) is 0 Å². The highest BCUT2D eigenvalue weighted by Crippen LogP contribution is 2.27. The van der Waals surface area contributed by atoms with E-state index >= 15 is 0 Å². The molecule has 0 spiro atoms. The Morgan fingerprint density at radius 3 is 2.60 bits per heavy atom. The summed E-state index contributed by atoms with van der Waals surface area (Å²) in [5, 5.41) is 3.03. The SMILES string of the molecule is CCC(CC)NC(=O)C1(C)COCC1N. The first-order valence-electron chi connectivity index (χ1n) is 5.68. The zero-order valence-corrected chi connectivity index (χ0v) is 9.88. The van der Waals surface area contributed by atoms with Crippen molar-refractivity contribution >= 4 is 5.91 Å². The summed E-state index contributed by atoms with van der Waals surface area (Å²) in [7, 11) is 0. The van der Waals surface area contributed by atoms with Crippen LogP contribution in [0.1, 0.15) is 33.6 Å². The Kier molecular flexibility index (Phi) is 4.11. The predicted molar refractivity (Wildman–Crippen MR) is 59.4 cm³/mol. The molecule has 1 rings (SSSR count). The zero-order chi connectivity index (χ0) is 11.5. The minimum absolute atomic E-state index is 0.0289. The van der Waals surface area contributed by atoms with Gasteiger partial charge in [-0.2, -0.15) is 0 Å². The van der Waals surface area contributed by atoms with Crippen LogP contribution in [0.4, 0.5) is 0 Å². The van der Waals surface area contributed by atoms with E-state index in [0.717, 1.165) is 12.8 Å². The van der Waals surface area contributed by atoms with Gasteiger partial charge in [-0.3, -0.25) is 4.79 Å². The van der Waals surface area contributed by atoms with E-state index in [0.29, 0.717) is 13.2 Å². The molecule has 2 unspecified atom stereocenters. The lowest BCUT2D eigenvalue weighted by Crippen LogP contribution is -2.52. The van der Waals surface area contributed by atoms with Gasteiger partial charge in [-0.05, 0) is 19.8 Å². The van der Waals surface area contributed by atoms with Crippen molar-refractivity contribution in [2.24, 2.45) is 11.1 Å². The Bertz CT molecular complexity index is 229. The molecule has 0 aromatic heterocycles. The Balaban J connectivity index is 2.59. The third-order valence-corrected chi connectivity index (χ3v) is 3.36. The Labute approximate surface area is 91.5 Å². The van der Waals surface area contributed by atoms with E-state index in [-0.39, 0.29) is 18.0 Å². The van der Waals surface area contributed by atoms with Crippen molar-refractivity contribution in [2.45, 2.75) is 45.7 Å². The molecule has 15 heavy (non-hydrogen) atoms. The first-order valence-corrected chi connectivity index (χ1v) is 5.68. The van der Waals surface area contributed by atoms with Crippen LogP contribution in [0.5, 0.6) is 0 Å². The van der Waals surface area contributed by atoms with Crippen LogP contribution in [0.3, 0.4) is 0 Å². The topological polar surface area (TPSA) is 64.3 Å². The van der Waals surface area contributed by atoms with Gasteiger partial charge < -0.3 is 15.8 Å². The van der Waals surface area contributed by atoms with Crippen molar-refractivity contribution in [3.63, 3.8) is 0 Å². The first kappa shape index (κ1) is 12.5. The average Bonchev–Trinajstić information content (AvgIpc) is 2.57. The van der Waals surface area contributed by atoms with E-state index in [1.54, 1.807) is 0 Å². The van der Waals surface area contributed by atoms with Gasteiger partial charge in [0.05, 0.1) is 18.6 Å². The van der Waals surface area contributed by atoms with E-state index < -0.39 is 5.41 Å². The summed E-state index contributed by atoms with van der Waals surface area (Å²) < 4.78 is 5.26. The van der Waals surface area contributed by atoms with Gasteiger partial charge >= 0.3 is 0 Å². The van der Waals surface area contributed by atoms with Gasteiger partial charge in [0.1, 0.15) is 0 Å². The first-order chi connectivity index (χ1) is 7.04. The standard InChI is InChI=1S/C11H22N2O2/c1-4-8(5-2)13-10(14)11(3)7-15-6-9(11)12/h8-9H,4-7,12H2,1-3H3,(H,13,14). The fourth-order valence-electron chi connectivity index (χ4n) is 1.77. The van der Waals surface area contributed by atoms with E-state index in [4.69, 9.17) is 10.5 Å². The molecule has 0 saturated carbocycles. The van der Waals surface area contributed by atoms with Crippen LogP contribution in [-0.4, -0.2) is 31.2 Å². The number of nitrogens with two attached hydrogens (primary N) is 1. The summed E-state index contributed by atoms with van der Waals surface area (Å²) in [6, 6.07) is 0.0639. The minimum atomic E-state index is -0.553. The molecule has 1 fully saturated rings. The van der Waals surface area contributed by atoms with Crippen LogP contribution in [0.2, 0.25) is 0 Å². The second kappa shape index (κ2) is 4.94. The lowest BCUT2D eigenvalue weighted by molar-refractivity contribution is -0.131. The van der Waals surface area contributed by atoms with Crippen LogP contribution in [0.15, 0.2) is 0 Å². The molecule has 0 aromatic carbocycles. The van der Waals surface area contributed by atoms with Crippen LogP contribution in [0.25, 0.3) is 0 Å². The molecular weight excluding hydrogens is 192 g/mol. The van der Waals surface area contributed by atoms with Gasteiger partial charge in [-0.25, -0.2) is 0 Å². The maximum Gasteiger partial charge on any atom is 0.230 e. The summed E-state index contributed by atoms with van der Waals surface area (Å²) >= 11 is 0. The quantitative estimate of drug-likeness (QED) is 0.722. The second-order valence-electron chi connectivity index (χ2n) is 4.53. The number of carbonyl (C=O) groups excluding carboxylic acids is 1. The molecule has 3 N–H and O–H groups in total. The number of amides is 1. The Hall–Kier alpha value is -0.610. The van der Waals surface area contributed by atoms with Gasteiger partial charge in [0.15, 0.2) is 0 Å². The molecule has 1 aliphatic rings. The van der Waals surface area contributed by atoms with Crippen molar-refractivity contribution in [2.75, 3.05) is 13.2 Å². The fraction of sp³-hybridized carbons (Fsp3) is 0.909. The molecule has 0 bridgehead atoms. The molecule has 0 aliphatic carbocycles. The lowest BCUT2D eigenvalue weighted by atomic mass is 9.84. The van der Waals surface area contributed by atoms with Crippen LogP contribution < -0.4 is 11.1 Å². The molecule has 1 heterocycles. The Morgan fingerprint density at radius 2 is 2.20 bits per heavy atom. The molecule has 1 saturated heterocycles. The van der Waals surface area contributed by atoms with Crippen LogP contribution >= 0.6 is 0 Å². The van der Waals surface area contributed by atoms with Crippen molar-refractivity contribution in [1.82, 2.24) is 5.32 Å². The summed E-state index contributed by atoms with van der Waals surface area (Å²) in [5.41, 5.74) is 5.33. The second-order valence-corrected chi connectivity index (χ2v) is 4.53. The van der Waals surface area contributed by atoms with Crippen molar-refractivity contribution in [3.05, 3.63) is 0 Å². The highest BCUT2D eigenvalue weighted by molar-refractivity contribution is 5.83. The maximum absolute atomic E-state index is 12.0. The molecule has 0 aromatic rings. The molecule has 0 radical (unpaired) electrons. The lowest BCUT2D eigenvalue weighted by Gasteiger charge is -2.28. The number of hydrogen-bond donors (Lipinski definition) is 2. The zero-order valence-electron chi connectivity index (χ0n) is 9.88. The maximum atomic E-state index is 12.0. The van der Waals surface area contributed by atoms with Crippen molar-refractivity contribution in [3.8, 4) is 0 Å². The molecule has 4 nitrogen and oxygen atoms in total. The molecule has 4 heteroatoms. The number of hydrogen-bond acceptors (Lipinski definition) is 3. The number of nitrogens with one attached hydrogen (secondary N) is 1. The molecular formula is C11H22N2O2. The number of rotatable bonds is 4. The minimum Gasteiger partial charge on any atom is -0.379 e. The van der Waals surface area contributed by atoms with Crippen molar-refractivity contribution < 1.29 is 9.53 Å². The van der Waals surface area contributed by atoms with Crippen LogP contribution in [-0.2, 0) is 9.53 Å². The highest BCUT2D eigenvalue weighted by Gasteiger charge is 2.44. The Morgan fingerprint density at radius 1 is 1.60 bits per heavy atom. The molecule has 1 aliphatic heterocycles. The average molecular weight is 214 g/mol. The summed E-state index contributed by atoms with van der Waals surface area (Å²) in [5.74, 6) is 0.0289. The summed E-state index contributed by atoms with van der Waals surface area (Å²) in [6.07, 6.45) is 1.91.